The molecular weight excluding hydrogens is 319 g/mol. The van der Waals surface area contributed by atoms with Crippen molar-refractivity contribution in [3.8, 4) is 0 Å². The summed E-state index contributed by atoms with van der Waals surface area (Å²) in [6, 6.07) is 8.55. The number of carbonyl (C=O) groups is 1. The Morgan fingerprint density at radius 3 is 2.76 bits per heavy atom. The van der Waals surface area contributed by atoms with Crippen molar-refractivity contribution in [3.05, 3.63) is 53.2 Å². The summed E-state index contributed by atoms with van der Waals surface area (Å²) in [6.45, 7) is 0.501. The zero-order valence-electron chi connectivity index (χ0n) is 14.3. The van der Waals surface area contributed by atoms with Gasteiger partial charge in [0.15, 0.2) is 5.69 Å². The molecule has 0 spiro atoms. The summed E-state index contributed by atoms with van der Waals surface area (Å²) in [5.74, 6) is 0.810. The Morgan fingerprint density at radius 2 is 2.04 bits per heavy atom. The van der Waals surface area contributed by atoms with Crippen molar-refractivity contribution >= 4 is 5.91 Å². The summed E-state index contributed by atoms with van der Waals surface area (Å²) in [6.07, 6.45) is 7.53. The standard InChI is InChI=1S/C20H23FN2O2/c21-16-6-4-5-15(11-16)20(9-2-1-3-10-20)13-22-19(24)17-12-18(25-23-17)14-7-8-14/h4-6,11-12,14H,1-3,7-10,13H2,(H,22,24). The fraction of sp³-hybridized carbons (Fsp3) is 0.500. The Morgan fingerprint density at radius 1 is 1.24 bits per heavy atom. The second kappa shape index (κ2) is 6.62. The first-order chi connectivity index (χ1) is 12.2. The Labute approximate surface area is 146 Å². The molecule has 0 unspecified atom stereocenters. The van der Waals surface area contributed by atoms with E-state index in [4.69, 9.17) is 4.52 Å². The molecule has 4 rings (SSSR count). The minimum absolute atomic E-state index is 0.195. The largest absolute Gasteiger partial charge is 0.360 e. The molecular formula is C20H23FN2O2. The van der Waals surface area contributed by atoms with Crippen molar-refractivity contribution in [1.29, 1.82) is 0 Å². The topological polar surface area (TPSA) is 55.1 Å². The van der Waals surface area contributed by atoms with Crippen LogP contribution in [-0.2, 0) is 5.41 Å². The van der Waals surface area contributed by atoms with Gasteiger partial charge in [-0.05, 0) is 43.4 Å². The molecule has 0 atom stereocenters. The molecule has 0 saturated heterocycles. The van der Waals surface area contributed by atoms with Gasteiger partial charge in [-0.1, -0.05) is 36.6 Å². The van der Waals surface area contributed by atoms with Crippen LogP contribution < -0.4 is 5.32 Å². The molecule has 2 aliphatic carbocycles. The van der Waals surface area contributed by atoms with E-state index in [0.29, 0.717) is 18.2 Å². The number of aromatic nitrogens is 1. The van der Waals surface area contributed by atoms with E-state index in [1.54, 1.807) is 18.2 Å². The molecule has 1 aromatic heterocycles. The average molecular weight is 342 g/mol. The summed E-state index contributed by atoms with van der Waals surface area (Å²) >= 11 is 0. The van der Waals surface area contributed by atoms with E-state index in [1.165, 1.54) is 12.5 Å². The van der Waals surface area contributed by atoms with Crippen molar-refractivity contribution < 1.29 is 13.7 Å². The van der Waals surface area contributed by atoms with Crippen LogP contribution in [0.1, 0.15) is 72.7 Å². The Kier molecular flexibility index (Phi) is 4.32. The predicted molar refractivity (Wildman–Crippen MR) is 92.0 cm³/mol. The van der Waals surface area contributed by atoms with E-state index in [9.17, 15) is 9.18 Å². The van der Waals surface area contributed by atoms with E-state index in [-0.39, 0.29) is 17.1 Å². The smallest absolute Gasteiger partial charge is 0.273 e. The third-order valence-corrected chi connectivity index (χ3v) is 5.58. The number of carbonyl (C=O) groups excluding carboxylic acids is 1. The molecule has 2 aliphatic rings. The molecule has 4 nitrogen and oxygen atoms in total. The number of hydrogen-bond acceptors (Lipinski definition) is 3. The first-order valence-electron chi connectivity index (χ1n) is 9.17. The van der Waals surface area contributed by atoms with Crippen molar-refractivity contribution in [2.45, 2.75) is 56.3 Å². The van der Waals surface area contributed by atoms with Crippen LogP contribution >= 0.6 is 0 Å². The molecule has 2 saturated carbocycles. The highest BCUT2D eigenvalue weighted by molar-refractivity contribution is 5.92. The van der Waals surface area contributed by atoms with Crippen LogP contribution in [0, 0.1) is 5.82 Å². The van der Waals surface area contributed by atoms with E-state index in [2.05, 4.69) is 10.5 Å². The van der Waals surface area contributed by atoms with Gasteiger partial charge < -0.3 is 9.84 Å². The van der Waals surface area contributed by atoms with Gasteiger partial charge in [0.05, 0.1) is 0 Å². The maximum absolute atomic E-state index is 13.7. The molecule has 132 valence electrons. The number of hydrogen-bond donors (Lipinski definition) is 1. The molecule has 5 heteroatoms. The molecule has 1 N–H and O–H groups in total. The maximum Gasteiger partial charge on any atom is 0.273 e. The normalized spacial score (nSPS) is 19.6. The lowest BCUT2D eigenvalue weighted by atomic mass is 9.69. The summed E-state index contributed by atoms with van der Waals surface area (Å²) in [7, 11) is 0. The molecule has 2 aromatic rings. The zero-order chi connectivity index (χ0) is 17.3. The van der Waals surface area contributed by atoms with Gasteiger partial charge in [-0.3, -0.25) is 4.79 Å². The number of halogens is 1. The fourth-order valence-corrected chi connectivity index (χ4v) is 3.91. The third kappa shape index (κ3) is 3.46. The minimum atomic E-state index is -0.223. The molecule has 1 amide bonds. The predicted octanol–water partition coefficient (Wildman–Crippen LogP) is 4.32. The summed E-state index contributed by atoms with van der Waals surface area (Å²) in [4.78, 5) is 12.5. The van der Waals surface area contributed by atoms with E-state index in [1.807, 2.05) is 6.07 Å². The van der Waals surface area contributed by atoms with Gasteiger partial charge in [0.1, 0.15) is 11.6 Å². The van der Waals surface area contributed by atoms with Crippen LogP contribution in [0.3, 0.4) is 0 Å². The minimum Gasteiger partial charge on any atom is -0.360 e. The summed E-state index contributed by atoms with van der Waals surface area (Å²) in [5, 5.41) is 6.92. The lowest BCUT2D eigenvalue weighted by molar-refractivity contribution is 0.0927. The van der Waals surface area contributed by atoms with Gasteiger partial charge in [0.2, 0.25) is 0 Å². The van der Waals surface area contributed by atoms with Crippen molar-refractivity contribution in [3.63, 3.8) is 0 Å². The van der Waals surface area contributed by atoms with Crippen LogP contribution in [-0.4, -0.2) is 17.6 Å². The van der Waals surface area contributed by atoms with Crippen LogP contribution in [0.2, 0.25) is 0 Å². The highest BCUT2D eigenvalue weighted by Crippen LogP contribution is 2.41. The fourth-order valence-electron chi connectivity index (χ4n) is 3.91. The number of benzene rings is 1. The summed E-state index contributed by atoms with van der Waals surface area (Å²) in [5.41, 5.74) is 1.12. The van der Waals surface area contributed by atoms with Gasteiger partial charge in [-0.15, -0.1) is 0 Å². The molecule has 1 aromatic carbocycles. The van der Waals surface area contributed by atoms with Crippen LogP contribution in [0.25, 0.3) is 0 Å². The quantitative estimate of drug-likeness (QED) is 0.880. The number of rotatable bonds is 5. The lowest BCUT2D eigenvalue weighted by Gasteiger charge is -2.38. The Hall–Kier alpha value is -2.17. The van der Waals surface area contributed by atoms with Crippen molar-refractivity contribution in [2.75, 3.05) is 6.54 Å². The van der Waals surface area contributed by atoms with Gasteiger partial charge in [-0.2, -0.15) is 0 Å². The van der Waals surface area contributed by atoms with Crippen molar-refractivity contribution in [2.24, 2.45) is 0 Å². The zero-order valence-corrected chi connectivity index (χ0v) is 14.3. The number of nitrogens with zero attached hydrogens (tertiary/aromatic N) is 1. The van der Waals surface area contributed by atoms with Gasteiger partial charge in [-0.25, -0.2) is 4.39 Å². The third-order valence-electron chi connectivity index (χ3n) is 5.58. The van der Waals surface area contributed by atoms with Crippen LogP contribution in [0.4, 0.5) is 4.39 Å². The first kappa shape index (κ1) is 16.3. The van der Waals surface area contributed by atoms with E-state index < -0.39 is 0 Å². The molecule has 0 radical (unpaired) electrons. The molecule has 2 fully saturated rings. The molecule has 0 bridgehead atoms. The number of nitrogens with one attached hydrogen (secondary N) is 1. The molecule has 25 heavy (non-hydrogen) atoms. The monoisotopic (exact) mass is 342 g/mol. The maximum atomic E-state index is 13.7. The molecule has 0 aliphatic heterocycles. The molecule has 1 heterocycles. The van der Waals surface area contributed by atoms with Crippen LogP contribution in [0.5, 0.6) is 0 Å². The van der Waals surface area contributed by atoms with E-state index in [0.717, 1.165) is 49.8 Å². The van der Waals surface area contributed by atoms with Crippen LogP contribution in [0.15, 0.2) is 34.9 Å². The first-order valence-corrected chi connectivity index (χ1v) is 9.17. The average Bonchev–Trinajstić information content (AvgIpc) is 3.37. The Balaban J connectivity index is 1.49. The highest BCUT2D eigenvalue weighted by atomic mass is 19.1. The lowest BCUT2D eigenvalue weighted by Crippen LogP contribution is -2.42. The second-order valence-electron chi connectivity index (χ2n) is 7.42. The SMILES string of the molecule is O=C(NCC1(c2cccc(F)c2)CCCCC1)c1cc(C2CC2)on1. The second-order valence-corrected chi connectivity index (χ2v) is 7.42. The summed E-state index contributed by atoms with van der Waals surface area (Å²) < 4.78 is 19.0. The van der Waals surface area contributed by atoms with Crippen molar-refractivity contribution in [1.82, 2.24) is 10.5 Å². The van der Waals surface area contributed by atoms with Gasteiger partial charge in [0.25, 0.3) is 5.91 Å². The highest BCUT2D eigenvalue weighted by Gasteiger charge is 2.35. The number of amides is 1. The Bertz CT molecular complexity index is 761. The van der Waals surface area contributed by atoms with E-state index >= 15 is 0 Å². The van der Waals surface area contributed by atoms with Gasteiger partial charge in [0, 0.05) is 23.9 Å². The van der Waals surface area contributed by atoms with Gasteiger partial charge >= 0.3 is 0 Å².